The fraction of sp³-hybridized carbons (Fsp3) is 0.364. The van der Waals surface area contributed by atoms with Crippen LogP contribution in [-0.4, -0.2) is 31.4 Å². The Labute approximate surface area is 165 Å². The van der Waals surface area contributed by atoms with Gasteiger partial charge in [-0.15, -0.1) is 0 Å². The topological polar surface area (TPSA) is 62.6 Å². The Morgan fingerprint density at radius 1 is 1.07 bits per heavy atom. The molecular formula is C22H29FN3O2+. The summed E-state index contributed by atoms with van der Waals surface area (Å²) in [5.41, 5.74) is 3.33. The second-order valence-electron chi connectivity index (χ2n) is 7.49. The van der Waals surface area contributed by atoms with Crippen molar-refractivity contribution >= 4 is 23.2 Å². The lowest BCUT2D eigenvalue weighted by Gasteiger charge is -2.22. The van der Waals surface area contributed by atoms with Gasteiger partial charge < -0.3 is 15.5 Å². The van der Waals surface area contributed by atoms with Crippen LogP contribution in [0.4, 0.5) is 15.8 Å². The van der Waals surface area contributed by atoms with Crippen LogP contribution in [0, 0.1) is 12.7 Å². The Morgan fingerprint density at radius 3 is 2.39 bits per heavy atom. The molecule has 6 heteroatoms. The van der Waals surface area contributed by atoms with E-state index in [4.69, 9.17) is 0 Å². The molecule has 1 unspecified atom stereocenters. The third kappa shape index (κ3) is 5.63. The van der Waals surface area contributed by atoms with Gasteiger partial charge in [0.1, 0.15) is 5.82 Å². The van der Waals surface area contributed by atoms with Crippen molar-refractivity contribution in [3.05, 3.63) is 59.4 Å². The van der Waals surface area contributed by atoms with E-state index in [1.165, 1.54) is 18.2 Å². The largest absolute Gasteiger partial charge is 0.321 e. The Morgan fingerprint density at radius 2 is 1.75 bits per heavy atom. The first-order chi connectivity index (χ1) is 13.2. The molecule has 28 heavy (non-hydrogen) atoms. The van der Waals surface area contributed by atoms with Crippen LogP contribution in [0.25, 0.3) is 0 Å². The van der Waals surface area contributed by atoms with Crippen LogP contribution in [0.2, 0.25) is 0 Å². The van der Waals surface area contributed by atoms with Gasteiger partial charge in [0.15, 0.2) is 12.6 Å². The van der Waals surface area contributed by atoms with Gasteiger partial charge in [0, 0.05) is 11.4 Å². The first-order valence-electron chi connectivity index (χ1n) is 9.47. The molecule has 2 rings (SSSR count). The highest BCUT2D eigenvalue weighted by Crippen LogP contribution is 2.27. The summed E-state index contributed by atoms with van der Waals surface area (Å²) in [7, 11) is 1.79. The number of hydrogen-bond acceptors (Lipinski definition) is 2. The molecule has 0 aliphatic rings. The first kappa shape index (κ1) is 21.6. The molecule has 2 aromatic carbocycles. The fourth-order valence-electron chi connectivity index (χ4n) is 2.98. The van der Waals surface area contributed by atoms with Gasteiger partial charge in [-0.3, -0.25) is 9.59 Å². The molecular weight excluding hydrogens is 357 g/mol. The lowest BCUT2D eigenvalue weighted by Crippen LogP contribution is -3.14. The van der Waals surface area contributed by atoms with Gasteiger partial charge >= 0.3 is 0 Å². The predicted molar refractivity (Wildman–Crippen MR) is 110 cm³/mol. The number of benzene rings is 2. The number of anilines is 2. The average molecular weight is 386 g/mol. The predicted octanol–water partition coefficient (Wildman–Crippen LogP) is 2.74. The maximum Gasteiger partial charge on any atom is 0.282 e. The zero-order chi connectivity index (χ0) is 20.8. The van der Waals surface area contributed by atoms with E-state index in [-0.39, 0.29) is 24.3 Å². The summed E-state index contributed by atoms with van der Waals surface area (Å²) >= 11 is 0. The molecule has 0 fully saturated rings. The van der Waals surface area contributed by atoms with Gasteiger partial charge in [-0.25, -0.2) is 4.39 Å². The summed E-state index contributed by atoms with van der Waals surface area (Å²) in [6.45, 7) is 8.02. The van der Waals surface area contributed by atoms with Crippen LogP contribution in [0.5, 0.6) is 0 Å². The molecule has 3 N–H and O–H groups in total. The van der Waals surface area contributed by atoms with E-state index in [1.807, 2.05) is 25.1 Å². The number of halogens is 1. The molecule has 0 radical (unpaired) electrons. The minimum absolute atomic E-state index is 0.0932. The van der Waals surface area contributed by atoms with Crippen LogP contribution in [0.15, 0.2) is 42.5 Å². The highest BCUT2D eigenvalue weighted by molar-refractivity contribution is 5.95. The van der Waals surface area contributed by atoms with E-state index >= 15 is 0 Å². The minimum atomic E-state index is -0.433. The van der Waals surface area contributed by atoms with Gasteiger partial charge in [0.2, 0.25) is 0 Å². The molecule has 0 spiro atoms. The van der Waals surface area contributed by atoms with Crippen LogP contribution in [-0.2, 0) is 9.59 Å². The second-order valence-corrected chi connectivity index (χ2v) is 7.49. The number of carbonyl (C=O) groups is 2. The third-order valence-electron chi connectivity index (χ3n) is 4.86. The number of aryl methyl sites for hydroxylation is 1. The number of carbonyl (C=O) groups excluding carboxylic acids is 2. The zero-order valence-corrected chi connectivity index (χ0v) is 17.1. The van der Waals surface area contributed by atoms with Gasteiger partial charge in [-0.05, 0) is 49.1 Å². The van der Waals surface area contributed by atoms with Crippen LogP contribution < -0.4 is 15.5 Å². The molecule has 0 saturated carbocycles. The number of amides is 2. The van der Waals surface area contributed by atoms with Crippen molar-refractivity contribution in [2.24, 2.45) is 0 Å². The SMILES string of the molecule is Cc1cccc(C(C)C)c1NC(=O)[C@H](C)[NH+](C)CC(=O)Nc1cccc(F)c1. The normalized spacial score (nSPS) is 13.1. The zero-order valence-electron chi connectivity index (χ0n) is 17.1. The summed E-state index contributed by atoms with van der Waals surface area (Å²) in [5, 5.41) is 5.69. The number of hydrogen-bond donors (Lipinski definition) is 3. The van der Waals surface area contributed by atoms with Crippen LogP contribution in [0.3, 0.4) is 0 Å². The van der Waals surface area contributed by atoms with E-state index in [9.17, 15) is 14.0 Å². The van der Waals surface area contributed by atoms with Crippen molar-refractivity contribution in [1.29, 1.82) is 0 Å². The third-order valence-corrected chi connectivity index (χ3v) is 4.86. The summed E-state index contributed by atoms with van der Waals surface area (Å²) < 4.78 is 13.2. The van der Waals surface area contributed by atoms with E-state index in [1.54, 1.807) is 20.0 Å². The Balaban J connectivity index is 2.00. The molecule has 0 heterocycles. The lowest BCUT2D eigenvalue weighted by molar-refractivity contribution is -0.885. The molecule has 0 aliphatic carbocycles. The summed E-state index contributed by atoms with van der Waals surface area (Å²) in [6, 6.07) is 11.3. The van der Waals surface area contributed by atoms with Crippen molar-refractivity contribution in [2.75, 3.05) is 24.2 Å². The van der Waals surface area contributed by atoms with E-state index in [0.717, 1.165) is 21.7 Å². The number of quaternary nitrogens is 1. The first-order valence-corrected chi connectivity index (χ1v) is 9.47. The number of para-hydroxylation sites is 1. The van der Waals surface area contributed by atoms with Crippen molar-refractivity contribution < 1.29 is 18.9 Å². The second kappa shape index (κ2) is 9.46. The van der Waals surface area contributed by atoms with E-state index in [0.29, 0.717) is 5.69 Å². The summed E-state index contributed by atoms with van der Waals surface area (Å²) in [4.78, 5) is 25.7. The van der Waals surface area contributed by atoms with Crippen LogP contribution in [0.1, 0.15) is 37.8 Å². The van der Waals surface area contributed by atoms with Crippen molar-refractivity contribution in [2.45, 2.75) is 39.7 Å². The Bertz CT molecular complexity index is 851. The van der Waals surface area contributed by atoms with Crippen molar-refractivity contribution in [3.63, 3.8) is 0 Å². The number of rotatable bonds is 7. The van der Waals surface area contributed by atoms with Gasteiger partial charge in [0.25, 0.3) is 11.8 Å². The molecule has 2 amide bonds. The van der Waals surface area contributed by atoms with Crippen molar-refractivity contribution in [1.82, 2.24) is 0 Å². The Kier molecular flexibility index (Phi) is 7.29. The van der Waals surface area contributed by atoms with E-state index in [2.05, 4.69) is 24.5 Å². The Hall–Kier alpha value is -2.73. The molecule has 2 atom stereocenters. The standard InChI is InChI=1S/C22H28FN3O2/c1-14(2)19-11-6-8-15(3)21(19)25-22(28)16(4)26(5)13-20(27)24-18-10-7-9-17(23)12-18/h6-12,14,16H,13H2,1-5H3,(H,24,27)(H,25,28)/p+1/t16-/m0/s1. The van der Waals surface area contributed by atoms with Gasteiger partial charge in [-0.1, -0.05) is 38.1 Å². The smallest absolute Gasteiger partial charge is 0.282 e. The lowest BCUT2D eigenvalue weighted by atomic mass is 9.98. The number of nitrogens with one attached hydrogen (secondary N) is 3. The summed E-state index contributed by atoms with van der Waals surface area (Å²) in [6.07, 6.45) is 0. The maximum absolute atomic E-state index is 13.2. The molecule has 2 aromatic rings. The van der Waals surface area contributed by atoms with Crippen molar-refractivity contribution in [3.8, 4) is 0 Å². The molecule has 0 bridgehead atoms. The monoisotopic (exact) mass is 386 g/mol. The maximum atomic E-state index is 13.2. The average Bonchev–Trinajstić information content (AvgIpc) is 2.62. The molecule has 150 valence electrons. The molecule has 0 aromatic heterocycles. The molecule has 5 nitrogen and oxygen atoms in total. The highest BCUT2D eigenvalue weighted by Gasteiger charge is 2.25. The van der Waals surface area contributed by atoms with Gasteiger partial charge in [0.05, 0.1) is 7.05 Å². The quantitative estimate of drug-likeness (QED) is 0.685. The van der Waals surface area contributed by atoms with Crippen LogP contribution >= 0.6 is 0 Å². The molecule has 0 aliphatic heterocycles. The molecule has 0 saturated heterocycles. The summed E-state index contributed by atoms with van der Waals surface area (Å²) in [5.74, 6) is -0.549. The number of likely N-dealkylation sites (N-methyl/N-ethyl adjacent to an activating group) is 1. The highest BCUT2D eigenvalue weighted by atomic mass is 19.1. The minimum Gasteiger partial charge on any atom is -0.321 e. The van der Waals surface area contributed by atoms with Gasteiger partial charge in [-0.2, -0.15) is 0 Å². The van der Waals surface area contributed by atoms with E-state index < -0.39 is 11.9 Å². The fourth-order valence-corrected chi connectivity index (χ4v) is 2.98.